The van der Waals surface area contributed by atoms with Crippen molar-refractivity contribution in [1.82, 2.24) is 0 Å². The predicted molar refractivity (Wildman–Crippen MR) is 74.6 cm³/mol. The summed E-state index contributed by atoms with van der Waals surface area (Å²) in [6.07, 6.45) is 8.31. The maximum atomic E-state index is 2.10. The molecule has 0 amide bonds. The van der Waals surface area contributed by atoms with E-state index in [1.165, 1.54) is 11.1 Å². The summed E-state index contributed by atoms with van der Waals surface area (Å²) in [4.78, 5) is 0. The molecule has 17 heavy (non-hydrogen) atoms. The van der Waals surface area contributed by atoms with Gasteiger partial charge in [0.2, 0.25) is 0 Å². The van der Waals surface area contributed by atoms with E-state index in [0.717, 1.165) is 0 Å². The van der Waals surface area contributed by atoms with Gasteiger partial charge in [-0.1, -0.05) is 12.1 Å². The van der Waals surface area contributed by atoms with E-state index in [1.807, 2.05) is 36.4 Å². The Kier molecular flexibility index (Phi) is 7.22. The Balaban J connectivity index is 0.00000144. The SMILES string of the molecule is C(=C/[CH-]c1ccccc1)/[CH-]c1ccccc1.[Sr+2]. The summed E-state index contributed by atoms with van der Waals surface area (Å²) in [5.74, 6) is 0. The Bertz CT molecular complexity index is 388. The van der Waals surface area contributed by atoms with Crippen molar-refractivity contribution in [3.63, 3.8) is 0 Å². The van der Waals surface area contributed by atoms with Crippen molar-refractivity contribution in [1.29, 1.82) is 0 Å². The van der Waals surface area contributed by atoms with Crippen LogP contribution in [-0.2, 0) is 0 Å². The first-order chi connectivity index (χ1) is 7.95. The zero-order chi connectivity index (χ0) is 11.1. The van der Waals surface area contributed by atoms with Crippen LogP contribution in [0.15, 0.2) is 72.8 Å². The molecule has 0 aliphatic carbocycles. The number of rotatable bonds is 4. The quantitative estimate of drug-likeness (QED) is 0.596. The van der Waals surface area contributed by atoms with E-state index >= 15 is 0 Å². The molecule has 0 radical (unpaired) electrons. The normalized spacial score (nSPS) is 9.65. The van der Waals surface area contributed by atoms with Gasteiger partial charge < -0.3 is 0 Å². The molecule has 2 rings (SSSR count). The first-order valence-corrected chi connectivity index (χ1v) is 5.40. The van der Waals surface area contributed by atoms with Crippen LogP contribution in [-0.4, -0.2) is 45.5 Å². The van der Waals surface area contributed by atoms with Gasteiger partial charge in [-0.15, -0.1) is 48.5 Å². The molecule has 0 bridgehead atoms. The fourth-order valence-electron chi connectivity index (χ4n) is 1.46. The fraction of sp³-hybridized carbons (Fsp3) is 0. The van der Waals surface area contributed by atoms with Crippen LogP contribution in [0.1, 0.15) is 11.1 Å². The zero-order valence-electron chi connectivity index (χ0n) is 9.79. The molecule has 0 N–H and O–H groups in total. The predicted octanol–water partition coefficient (Wildman–Crippen LogP) is 3.67. The third kappa shape index (κ3) is 5.51. The van der Waals surface area contributed by atoms with Gasteiger partial charge in [0, 0.05) is 0 Å². The van der Waals surface area contributed by atoms with Gasteiger partial charge in [0.25, 0.3) is 0 Å². The number of benzene rings is 2. The Labute approximate surface area is 141 Å². The van der Waals surface area contributed by atoms with Crippen molar-refractivity contribution in [3.8, 4) is 0 Å². The third-order valence-corrected chi connectivity index (χ3v) is 2.29. The summed E-state index contributed by atoms with van der Waals surface area (Å²) in [6.45, 7) is 0. The first kappa shape index (κ1) is 14.5. The largest absolute Gasteiger partial charge is 2.00 e. The van der Waals surface area contributed by atoms with Gasteiger partial charge in [-0.2, -0.15) is 24.0 Å². The summed E-state index contributed by atoms with van der Waals surface area (Å²) in [7, 11) is 0. The van der Waals surface area contributed by atoms with Crippen LogP contribution in [0.25, 0.3) is 0 Å². The Morgan fingerprint density at radius 2 is 0.941 bits per heavy atom. The van der Waals surface area contributed by atoms with E-state index < -0.39 is 0 Å². The summed E-state index contributed by atoms with van der Waals surface area (Å²) >= 11 is 0. The van der Waals surface area contributed by atoms with Crippen LogP contribution in [0.3, 0.4) is 0 Å². The summed E-state index contributed by atoms with van der Waals surface area (Å²) < 4.78 is 0. The average Bonchev–Trinajstić information content (AvgIpc) is 2.37. The minimum Gasteiger partial charge on any atom is -0.216 e. The van der Waals surface area contributed by atoms with Crippen molar-refractivity contribution >= 4 is 45.5 Å². The number of hydrogen-bond donors (Lipinski definition) is 0. The molecule has 2 aromatic carbocycles. The smallest absolute Gasteiger partial charge is 0.216 e. The number of hydrogen-bond acceptors (Lipinski definition) is 0. The molecule has 0 aliphatic heterocycles. The van der Waals surface area contributed by atoms with Crippen molar-refractivity contribution in [2.75, 3.05) is 0 Å². The van der Waals surface area contributed by atoms with Gasteiger partial charge in [-0.05, 0) is 0 Å². The Morgan fingerprint density at radius 1 is 0.588 bits per heavy atom. The molecule has 0 nitrogen and oxygen atoms in total. The molecular formula is C16H14Sr. The molecule has 0 unspecified atom stereocenters. The monoisotopic (exact) mass is 294 g/mol. The Morgan fingerprint density at radius 3 is 1.29 bits per heavy atom. The van der Waals surface area contributed by atoms with E-state index in [1.54, 1.807) is 0 Å². The van der Waals surface area contributed by atoms with Crippen LogP contribution >= 0.6 is 0 Å². The topological polar surface area (TPSA) is 0 Å². The molecule has 80 valence electrons. The molecule has 1 heteroatoms. The van der Waals surface area contributed by atoms with Crippen LogP contribution in [0.4, 0.5) is 0 Å². The van der Waals surface area contributed by atoms with E-state index in [2.05, 4.69) is 49.3 Å². The third-order valence-electron chi connectivity index (χ3n) is 2.29. The van der Waals surface area contributed by atoms with Gasteiger partial charge in [0.15, 0.2) is 0 Å². The summed E-state index contributed by atoms with van der Waals surface area (Å²) in [5, 5.41) is 0. The van der Waals surface area contributed by atoms with Gasteiger partial charge in [-0.25, -0.2) is 12.2 Å². The van der Waals surface area contributed by atoms with Gasteiger partial charge in [0.05, 0.1) is 0 Å². The molecular weight excluding hydrogens is 280 g/mol. The van der Waals surface area contributed by atoms with Crippen LogP contribution in [0.2, 0.25) is 0 Å². The minimum atomic E-state index is 0. The molecule has 0 spiro atoms. The average molecular weight is 294 g/mol. The van der Waals surface area contributed by atoms with Crippen LogP contribution in [0.5, 0.6) is 0 Å². The maximum absolute atomic E-state index is 2.10. The zero-order valence-corrected chi connectivity index (χ0v) is 13.3. The second-order valence-electron chi connectivity index (χ2n) is 3.54. The van der Waals surface area contributed by atoms with E-state index in [9.17, 15) is 0 Å². The van der Waals surface area contributed by atoms with Crippen LogP contribution in [0, 0.1) is 12.8 Å². The second kappa shape index (κ2) is 8.49. The molecule has 0 saturated carbocycles. The number of allylic oxidation sites excluding steroid dienone is 2. The second-order valence-corrected chi connectivity index (χ2v) is 3.54. The first-order valence-electron chi connectivity index (χ1n) is 5.40. The molecule has 0 heterocycles. The summed E-state index contributed by atoms with van der Waals surface area (Å²) in [5.41, 5.74) is 2.44. The van der Waals surface area contributed by atoms with Crippen molar-refractivity contribution in [2.24, 2.45) is 0 Å². The molecule has 0 fully saturated rings. The molecule has 0 saturated heterocycles. The van der Waals surface area contributed by atoms with Crippen molar-refractivity contribution in [2.45, 2.75) is 0 Å². The fourth-order valence-corrected chi connectivity index (χ4v) is 1.46. The molecule has 0 aliphatic rings. The van der Waals surface area contributed by atoms with Gasteiger partial charge in [0.1, 0.15) is 0 Å². The molecule has 0 atom stereocenters. The van der Waals surface area contributed by atoms with Crippen molar-refractivity contribution in [3.05, 3.63) is 96.8 Å². The van der Waals surface area contributed by atoms with Crippen molar-refractivity contribution < 1.29 is 0 Å². The molecule has 2 aromatic rings. The maximum Gasteiger partial charge on any atom is 2.00 e. The van der Waals surface area contributed by atoms with Gasteiger partial charge in [-0.3, -0.25) is 0 Å². The van der Waals surface area contributed by atoms with E-state index in [4.69, 9.17) is 0 Å². The summed E-state index contributed by atoms with van der Waals surface area (Å²) in [6, 6.07) is 20.6. The van der Waals surface area contributed by atoms with E-state index in [-0.39, 0.29) is 45.5 Å². The molecule has 0 aromatic heterocycles. The Hall–Kier alpha value is -0.599. The minimum absolute atomic E-state index is 0. The van der Waals surface area contributed by atoms with E-state index in [0.29, 0.717) is 0 Å². The van der Waals surface area contributed by atoms with Crippen LogP contribution < -0.4 is 0 Å². The van der Waals surface area contributed by atoms with Gasteiger partial charge >= 0.3 is 45.5 Å². The standard InChI is InChI=1S/C16H14.Sr/c1-3-9-15(10-4-1)13-7-8-14-16-11-5-2-6-12-16;/h1-14H;/q-2;+2/b8-7-;.